The predicted molar refractivity (Wildman–Crippen MR) is 52.1 cm³/mol. The molecular formula is C9H9N5. The van der Waals surface area contributed by atoms with Gasteiger partial charge in [-0.25, -0.2) is 15.0 Å². The second-order valence-electron chi connectivity index (χ2n) is 2.69. The van der Waals surface area contributed by atoms with Crippen molar-refractivity contribution in [3.8, 4) is 0 Å². The van der Waals surface area contributed by atoms with Crippen LogP contribution in [0, 0.1) is 0 Å². The maximum Gasteiger partial charge on any atom is 0.152 e. The number of hydrogen-bond acceptors (Lipinski definition) is 5. The van der Waals surface area contributed by atoms with Crippen LogP contribution in [-0.2, 0) is 0 Å². The summed E-state index contributed by atoms with van der Waals surface area (Å²) in [5, 5.41) is 0. The van der Waals surface area contributed by atoms with Crippen molar-refractivity contribution in [2.45, 2.75) is 0 Å². The molecule has 0 saturated carbocycles. The lowest BCUT2D eigenvalue weighted by Gasteiger charge is -2.15. The van der Waals surface area contributed by atoms with Crippen molar-refractivity contribution in [2.24, 2.45) is 0 Å². The Labute approximate surface area is 81.5 Å². The van der Waals surface area contributed by atoms with Crippen LogP contribution in [0.2, 0.25) is 0 Å². The quantitative estimate of drug-likeness (QED) is 0.703. The van der Waals surface area contributed by atoms with Crippen LogP contribution in [0.25, 0.3) is 0 Å². The summed E-state index contributed by atoms with van der Waals surface area (Å²) in [6, 6.07) is 1.81. The first kappa shape index (κ1) is 8.55. The van der Waals surface area contributed by atoms with Gasteiger partial charge in [0.2, 0.25) is 0 Å². The zero-order chi connectivity index (χ0) is 9.80. The molecule has 5 heteroatoms. The lowest BCUT2D eigenvalue weighted by Crippen LogP contribution is -2.12. The summed E-state index contributed by atoms with van der Waals surface area (Å²) in [6.07, 6.45) is 8.16. The molecule has 0 amide bonds. The maximum atomic E-state index is 4.16. The number of rotatable bonds is 2. The third-order valence-corrected chi connectivity index (χ3v) is 1.80. The molecular weight excluding hydrogens is 178 g/mol. The number of anilines is 2. The second-order valence-corrected chi connectivity index (χ2v) is 2.69. The molecule has 14 heavy (non-hydrogen) atoms. The zero-order valence-corrected chi connectivity index (χ0v) is 7.70. The molecule has 0 aliphatic carbocycles. The van der Waals surface area contributed by atoms with Gasteiger partial charge in [-0.2, -0.15) is 0 Å². The fourth-order valence-electron chi connectivity index (χ4n) is 1.06. The Kier molecular flexibility index (Phi) is 2.31. The van der Waals surface area contributed by atoms with Gasteiger partial charge in [-0.3, -0.25) is 4.98 Å². The zero-order valence-electron chi connectivity index (χ0n) is 7.70. The van der Waals surface area contributed by atoms with E-state index in [1.807, 2.05) is 18.0 Å². The van der Waals surface area contributed by atoms with E-state index in [4.69, 9.17) is 0 Å². The van der Waals surface area contributed by atoms with E-state index >= 15 is 0 Å². The Morgan fingerprint density at radius 1 is 1.00 bits per heavy atom. The minimum atomic E-state index is 0.756. The minimum absolute atomic E-state index is 0.756. The molecule has 2 aromatic heterocycles. The van der Waals surface area contributed by atoms with Gasteiger partial charge in [-0.05, 0) is 6.07 Å². The molecule has 0 unspecified atom stereocenters. The average molecular weight is 187 g/mol. The predicted octanol–water partition coefficient (Wildman–Crippen LogP) is 1.03. The Bertz CT molecular complexity index is 349. The Hall–Kier alpha value is -2.04. The fourth-order valence-corrected chi connectivity index (χ4v) is 1.06. The topological polar surface area (TPSA) is 54.8 Å². The molecule has 0 bridgehead atoms. The molecule has 0 saturated heterocycles. The molecule has 0 radical (unpaired) electrons. The van der Waals surface area contributed by atoms with E-state index in [0.717, 1.165) is 11.6 Å². The maximum absolute atomic E-state index is 4.16. The summed E-state index contributed by atoms with van der Waals surface area (Å²) in [5.74, 6) is 1.55. The molecule has 2 heterocycles. The van der Waals surface area contributed by atoms with Crippen LogP contribution >= 0.6 is 0 Å². The van der Waals surface area contributed by atoms with Crippen molar-refractivity contribution in [3.05, 3.63) is 37.2 Å². The Morgan fingerprint density at radius 3 is 2.57 bits per heavy atom. The summed E-state index contributed by atoms with van der Waals surface area (Å²) in [6.45, 7) is 0. The summed E-state index contributed by atoms with van der Waals surface area (Å²) in [5.41, 5.74) is 0. The van der Waals surface area contributed by atoms with E-state index in [1.54, 1.807) is 24.8 Å². The average Bonchev–Trinajstić information content (AvgIpc) is 2.30. The van der Waals surface area contributed by atoms with Crippen LogP contribution in [0.4, 0.5) is 11.6 Å². The molecule has 0 fully saturated rings. The molecule has 0 atom stereocenters. The lowest BCUT2D eigenvalue weighted by atomic mass is 10.5. The summed E-state index contributed by atoms with van der Waals surface area (Å²) < 4.78 is 0. The molecule has 2 rings (SSSR count). The summed E-state index contributed by atoms with van der Waals surface area (Å²) in [4.78, 5) is 17.9. The molecule has 0 aliphatic heterocycles. The largest absolute Gasteiger partial charge is 0.313 e. The Balaban J connectivity index is 2.30. The molecule has 0 N–H and O–H groups in total. The first-order chi connectivity index (χ1) is 6.88. The molecule has 2 aromatic rings. The monoisotopic (exact) mass is 187 g/mol. The third kappa shape index (κ3) is 1.66. The third-order valence-electron chi connectivity index (χ3n) is 1.80. The molecule has 0 spiro atoms. The van der Waals surface area contributed by atoms with E-state index in [2.05, 4.69) is 19.9 Å². The number of hydrogen-bond donors (Lipinski definition) is 0. The van der Waals surface area contributed by atoms with E-state index < -0.39 is 0 Å². The summed E-state index contributed by atoms with van der Waals surface area (Å²) in [7, 11) is 1.88. The van der Waals surface area contributed by atoms with Gasteiger partial charge in [0.1, 0.15) is 12.1 Å². The van der Waals surface area contributed by atoms with Gasteiger partial charge in [0.15, 0.2) is 5.82 Å². The van der Waals surface area contributed by atoms with Crippen molar-refractivity contribution < 1.29 is 0 Å². The van der Waals surface area contributed by atoms with Gasteiger partial charge in [-0.15, -0.1) is 0 Å². The first-order valence-corrected chi connectivity index (χ1v) is 4.13. The van der Waals surface area contributed by atoms with Crippen molar-refractivity contribution >= 4 is 11.6 Å². The van der Waals surface area contributed by atoms with Crippen molar-refractivity contribution in [1.29, 1.82) is 0 Å². The highest BCUT2D eigenvalue weighted by Gasteiger charge is 2.04. The van der Waals surface area contributed by atoms with Crippen LogP contribution < -0.4 is 4.90 Å². The van der Waals surface area contributed by atoms with Crippen molar-refractivity contribution in [2.75, 3.05) is 11.9 Å². The normalized spacial score (nSPS) is 9.79. The van der Waals surface area contributed by atoms with E-state index in [-0.39, 0.29) is 0 Å². The van der Waals surface area contributed by atoms with Gasteiger partial charge in [0.25, 0.3) is 0 Å². The highest BCUT2D eigenvalue weighted by molar-refractivity contribution is 5.52. The standard InChI is InChI=1S/C9H9N5/c1-14(8-2-3-11-7-13-8)9-6-10-4-5-12-9/h2-7H,1H3. The van der Waals surface area contributed by atoms with Crippen molar-refractivity contribution in [3.63, 3.8) is 0 Å². The lowest BCUT2D eigenvalue weighted by molar-refractivity contribution is 1.03. The van der Waals surface area contributed by atoms with Gasteiger partial charge in [-0.1, -0.05) is 0 Å². The van der Waals surface area contributed by atoms with Crippen molar-refractivity contribution in [1.82, 2.24) is 19.9 Å². The SMILES string of the molecule is CN(c1ccncn1)c1cnccn1. The molecule has 0 aromatic carbocycles. The minimum Gasteiger partial charge on any atom is -0.313 e. The molecule has 5 nitrogen and oxygen atoms in total. The number of aromatic nitrogens is 4. The molecule has 70 valence electrons. The Morgan fingerprint density at radius 2 is 1.93 bits per heavy atom. The van der Waals surface area contributed by atoms with Gasteiger partial charge in [0.05, 0.1) is 6.20 Å². The van der Waals surface area contributed by atoms with Gasteiger partial charge >= 0.3 is 0 Å². The van der Waals surface area contributed by atoms with Crippen LogP contribution in [0.1, 0.15) is 0 Å². The highest BCUT2D eigenvalue weighted by Crippen LogP contribution is 2.15. The van der Waals surface area contributed by atoms with Gasteiger partial charge < -0.3 is 4.90 Å². The van der Waals surface area contributed by atoms with Crippen LogP contribution in [0.15, 0.2) is 37.2 Å². The van der Waals surface area contributed by atoms with Crippen LogP contribution in [0.3, 0.4) is 0 Å². The smallest absolute Gasteiger partial charge is 0.152 e. The van der Waals surface area contributed by atoms with Crippen LogP contribution in [0.5, 0.6) is 0 Å². The van der Waals surface area contributed by atoms with Gasteiger partial charge in [0, 0.05) is 25.6 Å². The van der Waals surface area contributed by atoms with E-state index in [9.17, 15) is 0 Å². The van der Waals surface area contributed by atoms with Crippen LogP contribution in [-0.4, -0.2) is 27.0 Å². The number of nitrogens with zero attached hydrogens (tertiary/aromatic N) is 5. The van der Waals surface area contributed by atoms with E-state index in [0.29, 0.717) is 0 Å². The summed E-state index contributed by atoms with van der Waals surface area (Å²) >= 11 is 0. The van der Waals surface area contributed by atoms with E-state index in [1.165, 1.54) is 6.33 Å². The first-order valence-electron chi connectivity index (χ1n) is 4.13. The fraction of sp³-hybridized carbons (Fsp3) is 0.111. The second kappa shape index (κ2) is 3.78. The molecule has 0 aliphatic rings. The highest BCUT2D eigenvalue weighted by atomic mass is 15.2.